The lowest BCUT2D eigenvalue weighted by molar-refractivity contribution is -0.153. The minimum Gasteiger partial charge on any atom is -0.431 e. The Bertz CT molecular complexity index is 1620. The van der Waals surface area contributed by atoms with E-state index in [9.17, 15) is 22.8 Å². The Labute approximate surface area is 248 Å². The van der Waals surface area contributed by atoms with E-state index in [1.807, 2.05) is 4.90 Å². The fourth-order valence-corrected chi connectivity index (χ4v) is 6.10. The standard InChI is InChI=1S/C30H23Cl2F3N4O3/c31-22-7-4-8-23(32)21(22)13-26(41)39-16-19-12-20(39)15-38(19)25-10-9-17(14-36-25)11-24(40)27-28(30(33,34)35)42-29(37-27)18-5-2-1-3-6-18/h1-10,14,19-20H,11-13,15-16H2. The van der Waals surface area contributed by atoms with Gasteiger partial charge in [0.1, 0.15) is 5.82 Å². The first-order chi connectivity index (χ1) is 20.1. The second-order valence-corrected chi connectivity index (χ2v) is 11.1. The summed E-state index contributed by atoms with van der Waals surface area (Å²) in [7, 11) is 0. The van der Waals surface area contributed by atoms with Crippen molar-refractivity contribution in [3.05, 3.63) is 99.5 Å². The molecule has 2 aliphatic rings. The van der Waals surface area contributed by atoms with Gasteiger partial charge >= 0.3 is 6.18 Å². The van der Waals surface area contributed by atoms with E-state index in [1.54, 1.807) is 60.7 Å². The molecule has 2 aromatic carbocycles. The number of ketones is 1. The number of pyridine rings is 1. The number of Topliss-reactive ketones (excluding diaryl/α,β-unsaturated/α-hetero) is 1. The van der Waals surface area contributed by atoms with Crippen LogP contribution < -0.4 is 4.90 Å². The molecule has 0 aliphatic carbocycles. The van der Waals surface area contributed by atoms with Gasteiger partial charge in [0.25, 0.3) is 0 Å². The van der Waals surface area contributed by atoms with E-state index >= 15 is 0 Å². The van der Waals surface area contributed by atoms with Crippen LogP contribution in [0.2, 0.25) is 10.0 Å². The van der Waals surface area contributed by atoms with Gasteiger partial charge in [-0.3, -0.25) is 9.59 Å². The summed E-state index contributed by atoms with van der Waals surface area (Å²) in [5, 5.41) is 0.916. The molecule has 4 aromatic rings. The molecule has 2 fully saturated rings. The zero-order valence-corrected chi connectivity index (χ0v) is 23.5. The number of rotatable bonds is 7. The first-order valence-corrected chi connectivity index (χ1v) is 13.9. The SMILES string of the molecule is O=C(Cc1ccc(N2CC3CC2CN3C(=O)Cc2c(Cl)cccc2Cl)nc1)c1nc(-c2ccccc2)oc1C(F)(F)F. The Morgan fingerprint density at radius 3 is 2.29 bits per heavy atom. The molecule has 1 amide bonds. The fraction of sp³-hybridized carbons (Fsp3) is 0.267. The van der Waals surface area contributed by atoms with Crippen LogP contribution in [-0.2, 0) is 23.8 Å². The molecule has 6 rings (SSSR count). The van der Waals surface area contributed by atoms with Crippen LogP contribution in [0.4, 0.5) is 19.0 Å². The van der Waals surface area contributed by atoms with Crippen LogP contribution in [0.5, 0.6) is 0 Å². The third-order valence-corrected chi connectivity index (χ3v) is 8.30. The van der Waals surface area contributed by atoms with Gasteiger partial charge in [-0.25, -0.2) is 9.97 Å². The normalized spacial score (nSPS) is 18.1. The number of hydrogen-bond acceptors (Lipinski definition) is 6. The molecule has 2 unspecified atom stereocenters. The van der Waals surface area contributed by atoms with Crippen LogP contribution in [0.1, 0.15) is 33.8 Å². The van der Waals surface area contributed by atoms with Crippen molar-refractivity contribution >= 4 is 40.7 Å². The Morgan fingerprint density at radius 1 is 0.929 bits per heavy atom. The van der Waals surface area contributed by atoms with Gasteiger partial charge in [0, 0.05) is 41.3 Å². The Morgan fingerprint density at radius 2 is 1.67 bits per heavy atom. The van der Waals surface area contributed by atoms with Crippen LogP contribution in [-0.4, -0.2) is 51.7 Å². The largest absolute Gasteiger partial charge is 0.452 e. The Balaban J connectivity index is 1.11. The summed E-state index contributed by atoms with van der Waals surface area (Å²) in [6, 6.07) is 16.7. The number of fused-ring (bicyclic) bond motifs is 2. The molecule has 2 aromatic heterocycles. The smallest absolute Gasteiger partial charge is 0.431 e. The summed E-state index contributed by atoms with van der Waals surface area (Å²) < 4.78 is 46.0. The number of alkyl halides is 3. The highest BCUT2D eigenvalue weighted by Crippen LogP contribution is 2.37. The number of anilines is 1. The summed E-state index contributed by atoms with van der Waals surface area (Å²) >= 11 is 12.5. The maximum absolute atomic E-state index is 13.7. The quantitative estimate of drug-likeness (QED) is 0.221. The molecular weight excluding hydrogens is 592 g/mol. The van der Waals surface area contributed by atoms with E-state index in [-0.39, 0.29) is 36.7 Å². The highest BCUT2D eigenvalue weighted by atomic mass is 35.5. The molecule has 2 aliphatic heterocycles. The number of piperazine rings is 1. The summed E-state index contributed by atoms with van der Waals surface area (Å²) in [4.78, 5) is 38.3. The van der Waals surface area contributed by atoms with Crippen LogP contribution >= 0.6 is 23.2 Å². The highest BCUT2D eigenvalue weighted by Gasteiger charge is 2.46. The predicted octanol–water partition coefficient (Wildman–Crippen LogP) is 6.52. The first-order valence-electron chi connectivity index (χ1n) is 13.2. The summed E-state index contributed by atoms with van der Waals surface area (Å²) in [5.74, 6) is -1.88. The van der Waals surface area contributed by atoms with E-state index in [1.165, 1.54) is 6.20 Å². The van der Waals surface area contributed by atoms with Crippen molar-refractivity contribution in [3.8, 4) is 11.5 Å². The molecule has 2 saturated heterocycles. The second-order valence-electron chi connectivity index (χ2n) is 10.3. The lowest BCUT2D eigenvalue weighted by atomic mass is 10.1. The maximum atomic E-state index is 13.7. The number of benzene rings is 2. The van der Waals surface area contributed by atoms with Crippen LogP contribution in [0.3, 0.4) is 0 Å². The summed E-state index contributed by atoms with van der Waals surface area (Å²) in [6.07, 6.45) is -2.81. The van der Waals surface area contributed by atoms with Gasteiger partial charge in [0.05, 0.1) is 18.5 Å². The minimum atomic E-state index is -4.88. The number of oxazole rings is 1. The molecule has 0 N–H and O–H groups in total. The van der Waals surface area contributed by atoms with Crippen molar-refractivity contribution in [3.63, 3.8) is 0 Å². The van der Waals surface area contributed by atoms with Crippen molar-refractivity contribution < 1.29 is 27.2 Å². The maximum Gasteiger partial charge on any atom is 0.452 e. The van der Waals surface area contributed by atoms with Gasteiger partial charge in [-0.15, -0.1) is 0 Å². The van der Waals surface area contributed by atoms with Gasteiger partial charge in [-0.2, -0.15) is 13.2 Å². The van der Waals surface area contributed by atoms with Gasteiger partial charge in [-0.1, -0.05) is 53.5 Å². The van der Waals surface area contributed by atoms with Crippen molar-refractivity contribution in [1.29, 1.82) is 0 Å². The lowest BCUT2D eigenvalue weighted by Crippen LogP contribution is -2.49. The zero-order chi connectivity index (χ0) is 29.6. The molecule has 0 saturated carbocycles. The number of hydrogen-bond donors (Lipinski definition) is 0. The van der Waals surface area contributed by atoms with Gasteiger partial charge in [0.2, 0.25) is 17.6 Å². The third-order valence-electron chi connectivity index (χ3n) is 7.59. The predicted molar refractivity (Wildman–Crippen MR) is 151 cm³/mol. The molecule has 0 radical (unpaired) electrons. The molecule has 2 atom stereocenters. The summed E-state index contributed by atoms with van der Waals surface area (Å²) in [5.41, 5.74) is 0.631. The van der Waals surface area contributed by atoms with E-state index in [4.69, 9.17) is 27.6 Å². The Kier molecular flexibility index (Phi) is 7.44. The average Bonchev–Trinajstić information content (AvgIpc) is 3.71. The molecule has 7 nitrogen and oxygen atoms in total. The average molecular weight is 615 g/mol. The molecule has 0 spiro atoms. The first kappa shape index (κ1) is 28.2. The van der Waals surface area contributed by atoms with E-state index < -0.39 is 23.4 Å². The molecule has 216 valence electrons. The fourth-order valence-electron chi connectivity index (χ4n) is 5.57. The second kappa shape index (κ2) is 11.1. The van der Waals surface area contributed by atoms with Crippen LogP contribution in [0.15, 0.2) is 71.3 Å². The third kappa shape index (κ3) is 5.48. The number of amides is 1. The zero-order valence-electron chi connectivity index (χ0n) is 21.9. The summed E-state index contributed by atoms with van der Waals surface area (Å²) in [6.45, 7) is 1.12. The lowest BCUT2D eigenvalue weighted by Gasteiger charge is -2.35. The van der Waals surface area contributed by atoms with Gasteiger partial charge < -0.3 is 14.2 Å². The van der Waals surface area contributed by atoms with Crippen molar-refractivity contribution in [1.82, 2.24) is 14.9 Å². The highest BCUT2D eigenvalue weighted by molar-refractivity contribution is 6.36. The minimum absolute atomic E-state index is 0.0126. The van der Waals surface area contributed by atoms with E-state index in [0.29, 0.717) is 45.6 Å². The molecule has 12 heteroatoms. The molecular formula is C30H23Cl2F3N4O3. The topological polar surface area (TPSA) is 79.5 Å². The van der Waals surface area contributed by atoms with Crippen LogP contribution in [0.25, 0.3) is 11.5 Å². The van der Waals surface area contributed by atoms with Crippen molar-refractivity contribution in [2.75, 3.05) is 18.0 Å². The molecule has 42 heavy (non-hydrogen) atoms. The van der Waals surface area contributed by atoms with Crippen molar-refractivity contribution in [2.24, 2.45) is 0 Å². The van der Waals surface area contributed by atoms with Gasteiger partial charge in [-0.05, 0) is 47.9 Å². The monoisotopic (exact) mass is 614 g/mol. The molecule has 2 bridgehead atoms. The van der Waals surface area contributed by atoms with E-state index in [0.717, 1.165) is 6.42 Å². The van der Waals surface area contributed by atoms with Crippen LogP contribution in [0, 0.1) is 0 Å². The number of nitrogens with zero attached hydrogens (tertiary/aromatic N) is 4. The van der Waals surface area contributed by atoms with E-state index in [2.05, 4.69) is 14.9 Å². The molecule has 4 heterocycles. The number of likely N-dealkylation sites (tertiary alicyclic amines) is 1. The van der Waals surface area contributed by atoms with Crippen molar-refractivity contribution in [2.45, 2.75) is 37.5 Å². The number of carbonyl (C=O) groups is 2. The number of halogens is 5. The number of carbonyl (C=O) groups excluding carboxylic acids is 2. The van der Waals surface area contributed by atoms with Gasteiger partial charge in [0.15, 0.2) is 11.5 Å². The Hall–Kier alpha value is -3.89. The number of aromatic nitrogens is 2.